The normalized spacial score (nSPS) is 14.2. The van der Waals surface area contributed by atoms with Crippen molar-refractivity contribution >= 4 is 12.4 Å². The number of ether oxygens (including phenoxy) is 2. The molecule has 0 fully saturated rings. The molecule has 0 aliphatic carbocycles. The number of rotatable bonds is 18. The Balaban J connectivity index is 4.67. The standard InChI is InChI=1S/C33H50N2O2/c1-11-15-22-28(30(13-3)36-32(5,6)7)26-34-24-20-18-17-19-21-25-35-27-29(23-16-12-2)31(14-4)37-33(8,9)10/h11-16,22-23,26-27H,1-4,17-21,24-25H2,5-10H3/b22-15-,23-16-,30-28-,31-29-,34-26?,35-27?. The number of hydrogen-bond acceptors (Lipinski definition) is 4. The van der Waals surface area contributed by atoms with Crippen LogP contribution in [0.25, 0.3) is 0 Å². The zero-order valence-corrected chi connectivity index (χ0v) is 24.3. The summed E-state index contributed by atoms with van der Waals surface area (Å²) in [4.78, 5) is 9.21. The molecule has 204 valence electrons. The fraction of sp³-hybridized carbons (Fsp3) is 0.455. The molecule has 0 aromatic rings. The summed E-state index contributed by atoms with van der Waals surface area (Å²) in [7, 11) is 0. The molecule has 0 atom stereocenters. The minimum atomic E-state index is -0.303. The smallest absolute Gasteiger partial charge is 0.128 e. The van der Waals surface area contributed by atoms with E-state index in [-0.39, 0.29) is 11.2 Å². The van der Waals surface area contributed by atoms with Crippen LogP contribution in [0.5, 0.6) is 0 Å². The molecule has 0 unspecified atom stereocenters. The molecular weight excluding hydrogens is 456 g/mol. The van der Waals surface area contributed by atoms with Gasteiger partial charge in [-0.1, -0.05) is 69.9 Å². The van der Waals surface area contributed by atoms with Gasteiger partial charge >= 0.3 is 0 Å². The van der Waals surface area contributed by atoms with Crippen LogP contribution in [0.1, 0.15) is 73.6 Å². The molecule has 0 aromatic carbocycles. The van der Waals surface area contributed by atoms with Crippen LogP contribution in [-0.4, -0.2) is 36.7 Å². The molecule has 4 heteroatoms. The Morgan fingerprint density at radius 2 is 0.946 bits per heavy atom. The van der Waals surface area contributed by atoms with Crippen LogP contribution in [0.4, 0.5) is 0 Å². The molecule has 0 amide bonds. The molecule has 0 aromatic heterocycles. The number of nitrogens with zero attached hydrogens (tertiary/aromatic N) is 2. The van der Waals surface area contributed by atoms with Gasteiger partial charge in [-0.2, -0.15) is 0 Å². The van der Waals surface area contributed by atoms with Crippen LogP contribution in [0.2, 0.25) is 0 Å². The van der Waals surface area contributed by atoms with Crippen molar-refractivity contribution in [3.8, 4) is 0 Å². The molecule has 0 bridgehead atoms. The average Bonchev–Trinajstić information content (AvgIpc) is 2.82. The van der Waals surface area contributed by atoms with Crippen LogP contribution in [0.3, 0.4) is 0 Å². The first kappa shape index (κ1) is 33.9. The lowest BCUT2D eigenvalue weighted by atomic mass is 10.1. The van der Waals surface area contributed by atoms with Crippen LogP contribution in [0, 0.1) is 0 Å². The van der Waals surface area contributed by atoms with Crippen molar-refractivity contribution < 1.29 is 9.47 Å². The lowest BCUT2D eigenvalue weighted by Gasteiger charge is -2.22. The van der Waals surface area contributed by atoms with Crippen LogP contribution in [0.15, 0.2) is 108 Å². The fourth-order valence-corrected chi connectivity index (χ4v) is 3.08. The van der Waals surface area contributed by atoms with E-state index >= 15 is 0 Å². The Hall–Kier alpha value is -3.14. The highest BCUT2D eigenvalue weighted by Crippen LogP contribution is 2.19. The minimum absolute atomic E-state index is 0.303. The highest BCUT2D eigenvalue weighted by molar-refractivity contribution is 5.84. The van der Waals surface area contributed by atoms with Crippen molar-refractivity contribution in [2.24, 2.45) is 9.98 Å². The van der Waals surface area contributed by atoms with Gasteiger partial charge < -0.3 is 9.47 Å². The maximum Gasteiger partial charge on any atom is 0.128 e. The van der Waals surface area contributed by atoms with Crippen molar-refractivity contribution in [3.05, 3.63) is 97.6 Å². The van der Waals surface area contributed by atoms with Gasteiger partial charge in [0.25, 0.3) is 0 Å². The second-order valence-corrected chi connectivity index (χ2v) is 10.5. The van der Waals surface area contributed by atoms with Crippen molar-refractivity contribution in [3.63, 3.8) is 0 Å². The van der Waals surface area contributed by atoms with E-state index in [2.05, 4.69) is 36.3 Å². The first-order valence-electron chi connectivity index (χ1n) is 13.2. The van der Waals surface area contributed by atoms with Crippen molar-refractivity contribution in [1.82, 2.24) is 0 Å². The summed E-state index contributed by atoms with van der Waals surface area (Å²) >= 11 is 0. The van der Waals surface area contributed by atoms with E-state index in [1.165, 1.54) is 6.42 Å². The summed E-state index contributed by atoms with van der Waals surface area (Å²) in [5.41, 5.74) is 1.18. The molecule has 0 aliphatic rings. The SMILES string of the molecule is C=C/C=C\C(C=NCCCCCCCN=CC(/C=C\C=C)=C(/C=C)OC(C)(C)C)=C(/C=C)OC(C)(C)C. The molecule has 4 nitrogen and oxygen atoms in total. The Kier molecular flexibility index (Phi) is 17.4. The summed E-state index contributed by atoms with van der Waals surface area (Å²) < 4.78 is 12.0. The third-order valence-electron chi connectivity index (χ3n) is 4.63. The minimum Gasteiger partial charge on any atom is -0.487 e. The molecule has 0 spiro atoms. The van der Waals surface area contributed by atoms with E-state index in [4.69, 9.17) is 9.47 Å². The monoisotopic (exact) mass is 506 g/mol. The summed E-state index contributed by atoms with van der Waals surface area (Å²) in [5.74, 6) is 1.44. The molecular formula is C33H50N2O2. The summed E-state index contributed by atoms with van der Waals surface area (Å²) in [6, 6.07) is 0. The summed E-state index contributed by atoms with van der Waals surface area (Å²) in [6.07, 6.45) is 23.9. The van der Waals surface area contributed by atoms with Gasteiger partial charge in [-0.15, -0.1) is 0 Å². The first-order valence-corrected chi connectivity index (χ1v) is 13.2. The topological polar surface area (TPSA) is 43.2 Å². The summed E-state index contributed by atoms with van der Waals surface area (Å²) in [6.45, 7) is 28.9. The van der Waals surface area contributed by atoms with Gasteiger partial charge in [0.1, 0.15) is 22.7 Å². The molecule has 37 heavy (non-hydrogen) atoms. The Morgan fingerprint density at radius 3 is 1.24 bits per heavy atom. The lowest BCUT2D eigenvalue weighted by molar-refractivity contribution is 0.0589. The third-order valence-corrected chi connectivity index (χ3v) is 4.63. The Bertz CT molecular complexity index is 824. The zero-order valence-electron chi connectivity index (χ0n) is 24.3. The van der Waals surface area contributed by atoms with Gasteiger partial charge in [0.05, 0.1) is 0 Å². The molecule has 0 aliphatic heterocycles. The van der Waals surface area contributed by atoms with Crippen LogP contribution >= 0.6 is 0 Å². The van der Waals surface area contributed by atoms with Gasteiger partial charge in [-0.05, 0) is 78.7 Å². The average molecular weight is 507 g/mol. The fourth-order valence-electron chi connectivity index (χ4n) is 3.08. The highest BCUT2D eigenvalue weighted by Gasteiger charge is 2.14. The Labute approximate surface area is 227 Å². The van der Waals surface area contributed by atoms with Gasteiger partial charge in [-0.3, -0.25) is 9.98 Å². The van der Waals surface area contributed by atoms with Crippen molar-refractivity contribution in [1.29, 1.82) is 0 Å². The van der Waals surface area contributed by atoms with E-state index in [9.17, 15) is 0 Å². The molecule has 0 radical (unpaired) electrons. The first-order chi connectivity index (χ1) is 17.5. The van der Waals surface area contributed by atoms with E-state index in [1.807, 2.05) is 78.3 Å². The summed E-state index contributed by atoms with van der Waals surface area (Å²) in [5, 5.41) is 0. The quantitative estimate of drug-likeness (QED) is 0.0805. The maximum absolute atomic E-state index is 6.01. The maximum atomic E-state index is 6.01. The molecule has 0 saturated carbocycles. The van der Waals surface area contributed by atoms with E-state index in [0.717, 1.165) is 61.4 Å². The molecule has 0 N–H and O–H groups in total. The van der Waals surface area contributed by atoms with Crippen LogP contribution < -0.4 is 0 Å². The van der Waals surface area contributed by atoms with E-state index < -0.39 is 0 Å². The lowest BCUT2D eigenvalue weighted by Crippen LogP contribution is -2.19. The predicted octanol–water partition coefficient (Wildman–Crippen LogP) is 9.07. The molecule has 0 rings (SSSR count). The van der Waals surface area contributed by atoms with Crippen molar-refractivity contribution in [2.45, 2.75) is 84.8 Å². The van der Waals surface area contributed by atoms with Gasteiger partial charge in [0.15, 0.2) is 0 Å². The number of unbranched alkanes of at least 4 members (excludes halogenated alkanes) is 4. The largest absolute Gasteiger partial charge is 0.487 e. The number of hydrogen-bond donors (Lipinski definition) is 0. The third kappa shape index (κ3) is 18.7. The Morgan fingerprint density at radius 1 is 0.595 bits per heavy atom. The van der Waals surface area contributed by atoms with Gasteiger partial charge in [0, 0.05) is 36.7 Å². The predicted molar refractivity (Wildman–Crippen MR) is 165 cm³/mol. The second-order valence-electron chi connectivity index (χ2n) is 10.5. The number of aliphatic imine (C=N–C) groups is 2. The molecule has 0 saturated heterocycles. The van der Waals surface area contributed by atoms with Gasteiger partial charge in [0.2, 0.25) is 0 Å². The number of allylic oxidation sites excluding steroid dienone is 10. The zero-order chi connectivity index (χ0) is 28.2. The van der Waals surface area contributed by atoms with E-state index in [1.54, 1.807) is 24.3 Å². The molecule has 0 heterocycles. The van der Waals surface area contributed by atoms with Crippen molar-refractivity contribution in [2.75, 3.05) is 13.1 Å². The van der Waals surface area contributed by atoms with Gasteiger partial charge in [-0.25, -0.2) is 0 Å². The van der Waals surface area contributed by atoms with Crippen LogP contribution in [-0.2, 0) is 9.47 Å². The van der Waals surface area contributed by atoms with E-state index in [0.29, 0.717) is 0 Å². The highest BCUT2D eigenvalue weighted by atomic mass is 16.5. The second kappa shape index (κ2) is 19.0.